The normalized spacial score (nSPS) is 12.1. The van der Waals surface area contributed by atoms with Crippen LogP contribution in [0.2, 0.25) is 0 Å². The quantitative estimate of drug-likeness (QED) is 0.548. The molecule has 0 saturated heterocycles. The Morgan fingerprint density at radius 3 is 2.56 bits per heavy atom. The summed E-state index contributed by atoms with van der Waals surface area (Å²) in [5, 5.41) is 27.6. The summed E-state index contributed by atoms with van der Waals surface area (Å²) >= 11 is 0. The van der Waals surface area contributed by atoms with Gasteiger partial charge < -0.3 is 25.8 Å². The molecule has 1 atom stereocenters. The van der Waals surface area contributed by atoms with Gasteiger partial charge in [-0.1, -0.05) is 0 Å². The second kappa shape index (κ2) is 4.71. The van der Waals surface area contributed by atoms with E-state index in [9.17, 15) is 15.0 Å². The minimum Gasteiger partial charge on any atom is -0.504 e. The van der Waals surface area contributed by atoms with Gasteiger partial charge in [0.1, 0.15) is 0 Å². The Kier molecular flexibility index (Phi) is 3.57. The second-order valence-electron chi connectivity index (χ2n) is 3.22. The van der Waals surface area contributed by atoms with Gasteiger partial charge in [0, 0.05) is 6.54 Å². The zero-order chi connectivity index (χ0) is 12.3. The number of carbonyl (C=O) groups is 1. The van der Waals surface area contributed by atoms with Crippen molar-refractivity contribution in [3.63, 3.8) is 0 Å². The SMILES string of the molecule is COc1cc(C(CN)C(=O)O)cc(O)c1O. The number of nitrogens with two attached hydrogens (primary N) is 1. The third-order valence-corrected chi connectivity index (χ3v) is 2.23. The number of phenols is 2. The van der Waals surface area contributed by atoms with Crippen LogP contribution < -0.4 is 10.5 Å². The molecule has 0 saturated carbocycles. The van der Waals surface area contributed by atoms with Gasteiger partial charge in [0.2, 0.25) is 5.75 Å². The van der Waals surface area contributed by atoms with Crippen molar-refractivity contribution in [2.45, 2.75) is 5.92 Å². The van der Waals surface area contributed by atoms with Crippen LogP contribution in [0.1, 0.15) is 11.5 Å². The Labute approximate surface area is 91.9 Å². The van der Waals surface area contributed by atoms with Crippen molar-refractivity contribution in [3.8, 4) is 17.2 Å². The lowest BCUT2D eigenvalue weighted by Gasteiger charge is -2.13. The minimum absolute atomic E-state index is 0.00898. The van der Waals surface area contributed by atoms with Gasteiger partial charge in [-0.05, 0) is 17.7 Å². The van der Waals surface area contributed by atoms with Gasteiger partial charge in [0.15, 0.2) is 11.5 Å². The lowest BCUT2D eigenvalue weighted by Crippen LogP contribution is -2.21. The van der Waals surface area contributed by atoms with Crippen molar-refractivity contribution >= 4 is 5.97 Å². The smallest absolute Gasteiger partial charge is 0.312 e. The summed E-state index contributed by atoms with van der Waals surface area (Å²) in [6, 6.07) is 2.49. The van der Waals surface area contributed by atoms with E-state index in [-0.39, 0.29) is 17.9 Å². The Morgan fingerprint density at radius 1 is 1.50 bits per heavy atom. The molecule has 1 rings (SSSR count). The minimum atomic E-state index is -1.10. The highest BCUT2D eigenvalue weighted by atomic mass is 16.5. The summed E-state index contributed by atoms with van der Waals surface area (Å²) in [6.07, 6.45) is 0. The maximum Gasteiger partial charge on any atom is 0.312 e. The number of carboxylic acids is 1. The van der Waals surface area contributed by atoms with Crippen LogP contribution in [0.4, 0.5) is 0 Å². The molecule has 88 valence electrons. The molecular formula is C10H13NO5. The van der Waals surface area contributed by atoms with Crippen molar-refractivity contribution < 1.29 is 24.9 Å². The molecule has 16 heavy (non-hydrogen) atoms. The number of carboxylic acid groups (broad SMARTS) is 1. The van der Waals surface area contributed by atoms with E-state index in [1.807, 2.05) is 0 Å². The number of hydrogen-bond acceptors (Lipinski definition) is 5. The lowest BCUT2D eigenvalue weighted by atomic mass is 9.98. The van der Waals surface area contributed by atoms with Gasteiger partial charge in [-0.25, -0.2) is 0 Å². The molecule has 0 amide bonds. The molecule has 0 aliphatic rings. The van der Waals surface area contributed by atoms with Crippen LogP contribution in [-0.2, 0) is 4.79 Å². The van der Waals surface area contributed by atoms with E-state index in [1.54, 1.807) is 0 Å². The zero-order valence-electron chi connectivity index (χ0n) is 8.67. The summed E-state index contributed by atoms with van der Waals surface area (Å²) in [4.78, 5) is 10.9. The Morgan fingerprint density at radius 2 is 2.12 bits per heavy atom. The van der Waals surface area contributed by atoms with E-state index in [2.05, 4.69) is 0 Å². The van der Waals surface area contributed by atoms with Crippen LogP contribution in [0.15, 0.2) is 12.1 Å². The van der Waals surface area contributed by atoms with Crippen LogP contribution in [0.3, 0.4) is 0 Å². The van der Waals surface area contributed by atoms with Gasteiger partial charge in [0.05, 0.1) is 13.0 Å². The van der Waals surface area contributed by atoms with Crippen LogP contribution in [0.5, 0.6) is 17.2 Å². The molecule has 0 spiro atoms. The molecule has 1 aromatic rings. The highest BCUT2D eigenvalue weighted by Gasteiger charge is 2.21. The van der Waals surface area contributed by atoms with Crippen LogP contribution in [-0.4, -0.2) is 34.9 Å². The summed E-state index contributed by atoms with van der Waals surface area (Å²) in [6.45, 7) is -0.108. The predicted octanol–water partition coefficient (Wildman–Crippen LogP) is 0.233. The molecule has 5 N–H and O–H groups in total. The fraction of sp³-hybridized carbons (Fsp3) is 0.300. The average Bonchev–Trinajstić information content (AvgIpc) is 2.23. The van der Waals surface area contributed by atoms with Gasteiger partial charge in [0.25, 0.3) is 0 Å². The van der Waals surface area contributed by atoms with E-state index in [0.29, 0.717) is 0 Å². The first-order valence-electron chi connectivity index (χ1n) is 4.54. The van der Waals surface area contributed by atoms with Crippen molar-refractivity contribution in [1.82, 2.24) is 0 Å². The molecule has 6 heteroatoms. The van der Waals surface area contributed by atoms with E-state index < -0.39 is 23.4 Å². The van der Waals surface area contributed by atoms with Crippen molar-refractivity contribution in [2.24, 2.45) is 5.73 Å². The van der Waals surface area contributed by atoms with Gasteiger partial charge >= 0.3 is 5.97 Å². The number of aromatic hydroxyl groups is 2. The largest absolute Gasteiger partial charge is 0.504 e. The molecule has 0 fully saturated rings. The first-order chi connectivity index (χ1) is 7.51. The van der Waals surface area contributed by atoms with E-state index in [0.717, 1.165) is 6.07 Å². The predicted molar refractivity (Wildman–Crippen MR) is 55.8 cm³/mol. The van der Waals surface area contributed by atoms with Gasteiger partial charge in [-0.2, -0.15) is 0 Å². The first kappa shape index (κ1) is 12.1. The number of benzene rings is 1. The van der Waals surface area contributed by atoms with E-state index in [4.69, 9.17) is 15.6 Å². The number of ether oxygens (including phenoxy) is 1. The van der Waals surface area contributed by atoms with Crippen molar-refractivity contribution in [1.29, 1.82) is 0 Å². The Hall–Kier alpha value is -1.95. The fourth-order valence-electron chi connectivity index (χ4n) is 1.35. The summed E-state index contributed by atoms with van der Waals surface area (Å²) < 4.78 is 4.80. The van der Waals surface area contributed by atoms with E-state index >= 15 is 0 Å². The van der Waals surface area contributed by atoms with Crippen LogP contribution in [0.25, 0.3) is 0 Å². The van der Waals surface area contributed by atoms with E-state index in [1.165, 1.54) is 13.2 Å². The lowest BCUT2D eigenvalue weighted by molar-refractivity contribution is -0.138. The number of phenolic OH excluding ortho intramolecular Hbond substituents is 2. The van der Waals surface area contributed by atoms with Crippen LogP contribution in [0, 0.1) is 0 Å². The maximum absolute atomic E-state index is 10.9. The Balaban J connectivity index is 3.24. The van der Waals surface area contributed by atoms with Crippen LogP contribution >= 0.6 is 0 Å². The summed E-state index contributed by atoms with van der Waals surface area (Å²) in [7, 11) is 1.30. The highest BCUT2D eigenvalue weighted by molar-refractivity contribution is 5.77. The molecule has 0 aromatic heterocycles. The molecule has 6 nitrogen and oxygen atoms in total. The third-order valence-electron chi connectivity index (χ3n) is 2.23. The second-order valence-corrected chi connectivity index (χ2v) is 3.22. The zero-order valence-corrected chi connectivity index (χ0v) is 8.67. The molecule has 0 aliphatic carbocycles. The van der Waals surface area contributed by atoms with Crippen molar-refractivity contribution in [3.05, 3.63) is 17.7 Å². The maximum atomic E-state index is 10.9. The highest BCUT2D eigenvalue weighted by Crippen LogP contribution is 2.38. The number of methoxy groups -OCH3 is 1. The molecule has 0 heterocycles. The van der Waals surface area contributed by atoms with Gasteiger partial charge in [-0.15, -0.1) is 0 Å². The molecule has 0 radical (unpaired) electrons. The molecule has 1 aromatic carbocycles. The van der Waals surface area contributed by atoms with Crippen molar-refractivity contribution in [2.75, 3.05) is 13.7 Å². The molecular weight excluding hydrogens is 214 g/mol. The topological polar surface area (TPSA) is 113 Å². The summed E-state index contributed by atoms with van der Waals surface area (Å²) in [5.74, 6) is -2.90. The number of hydrogen-bond donors (Lipinski definition) is 4. The summed E-state index contributed by atoms with van der Waals surface area (Å²) in [5.41, 5.74) is 5.60. The third kappa shape index (κ3) is 2.17. The number of rotatable bonds is 4. The fourth-order valence-corrected chi connectivity index (χ4v) is 1.35. The molecule has 0 aliphatic heterocycles. The van der Waals surface area contributed by atoms with Gasteiger partial charge in [-0.3, -0.25) is 4.79 Å². The number of aliphatic carboxylic acids is 1. The molecule has 0 bridgehead atoms. The standard InChI is InChI=1S/C10H13NO5/c1-16-8-3-5(2-7(12)9(8)13)6(4-11)10(14)15/h2-3,6,12-13H,4,11H2,1H3,(H,14,15). The monoisotopic (exact) mass is 227 g/mol. The Bertz CT molecular complexity index is 404. The molecule has 1 unspecified atom stereocenters. The first-order valence-corrected chi connectivity index (χ1v) is 4.54. The average molecular weight is 227 g/mol.